The summed E-state index contributed by atoms with van der Waals surface area (Å²) >= 11 is 0. The number of hydrogen-bond acceptors (Lipinski definition) is 4. The largest absolute Gasteiger partial charge is 0.483 e. The van der Waals surface area contributed by atoms with Gasteiger partial charge in [-0.2, -0.15) is 0 Å². The molecule has 6 heteroatoms. The topological polar surface area (TPSA) is 70.7 Å². The molecule has 2 amide bonds. The van der Waals surface area contributed by atoms with Crippen molar-refractivity contribution in [2.24, 2.45) is 0 Å². The predicted molar refractivity (Wildman–Crippen MR) is 118 cm³/mol. The maximum absolute atomic E-state index is 12.3. The summed E-state index contributed by atoms with van der Waals surface area (Å²) in [4.78, 5) is 26.5. The molecule has 0 unspecified atom stereocenters. The van der Waals surface area contributed by atoms with Gasteiger partial charge in [0, 0.05) is 11.4 Å². The molecule has 2 rings (SSSR count). The van der Waals surface area contributed by atoms with Crippen LogP contribution in [0.1, 0.15) is 30.5 Å². The first-order chi connectivity index (χ1) is 13.8. The number of nitrogens with one attached hydrogen (secondary N) is 2. The first-order valence-corrected chi connectivity index (χ1v) is 9.95. The fourth-order valence-electron chi connectivity index (χ4n) is 3.08. The van der Waals surface area contributed by atoms with Crippen LogP contribution in [0.2, 0.25) is 0 Å². The van der Waals surface area contributed by atoms with E-state index in [1.54, 1.807) is 12.1 Å². The molecule has 0 fully saturated rings. The Bertz CT molecular complexity index is 840. The molecule has 0 heterocycles. The fourth-order valence-corrected chi connectivity index (χ4v) is 3.08. The van der Waals surface area contributed by atoms with Crippen molar-refractivity contribution in [1.29, 1.82) is 0 Å². The highest BCUT2D eigenvalue weighted by molar-refractivity contribution is 5.95. The number of amides is 2. The Morgan fingerprint density at radius 2 is 1.55 bits per heavy atom. The molecule has 156 valence electrons. The summed E-state index contributed by atoms with van der Waals surface area (Å²) in [6, 6.07) is 11.3. The summed E-state index contributed by atoms with van der Waals surface area (Å²) in [5, 5.41) is 5.77. The van der Waals surface area contributed by atoms with Crippen molar-refractivity contribution in [3.63, 3.8) is 0 Å². The van der Waals surface area contributed by atoms with E-state index in [0.29, 0.717) is 12.2 Å². The predicted octanol–water partition coefficient (Wildman–Crippen LogP) is 3.91. The molecular weight excluding hydrogens is 366 g/mol. The van der Waals surface area contributed by atoms with Crippen molar-refractivity contribution in [3.8, 4) is 5.75 Å². The number of rotatable bonds is 9. The van der Waals surface area contributed by atoms with E-state index >= 15 is 0 Å². The summed E-state index contributed by atoms with van der Waals surface area (Å²) < 4.78 is 5.69. The zero-order chi connectivity index (χ0) is 21.4. The average Bonchev–Trinajstić information content (AvgIpc) is 2.68. The second-order valence-electron chi connectivity index (χ2n) is 7.10. The normalized spacial score (nSPS) is 10.7. The lowest BCUT2D eigenvalue weighted by molar-refractivity contribution is -0.118. The highest BCUT2D eigenvalue weighted by Gasteiger charge is 2.11. The van der Waals surface area contributed by atoms with Crippen LogP contribution in [-0.2, 0) is 9.59 Å². The zero-order valence-electron chi connectivity index (χ0n) is 18.0. The van der Waals surface area contributed by atoms with Gasteiger partial charge >= 0.3 is 0 Å². The van der Waals surface area contributed by atoms with Gasteiger partial charge < -0.3 is 15.4 Å². The van der Waals surface area contributed by atoms with Gasteiger partial charge in [-0.05, 0) is 68.8 Å². The monoisotopic (exact) mass is 397 g/mol. The molecule has 0 aliphatic heterocycles. The molecule has 0 atom stereocenters. The van der Waals surface area contributed by atoms with Crippen molar-refractivity contribution in [3.05, 3.63) is 53.1 Å². The third-order valence-corrected chi connectivity index (χ3v) is 4.80. The molecule has 0 aromatic heterocycles. The van der Waals surface area contributed by atoms with Crippen LogP contribution in [0.3, 0.4) is 0 Å². The number of carbonyl (C=O) groups excluding carboxylic acids is 2. The second-order valence-corrected chi connectivity index (χ2v) is 7.10. The van der Waals surface area contributed by atoms with Crippen molar-refractivity contribution in [2.75, 3.05) is 36.9 Å². The van der Waals surface area contributed by atoms with Gasteiger partial charge in [0.05, 0.1) is 6.54 Å². The number of benzene rings is 2. The van der Waals surface area contributed by atoms with Crippen LogP contribution in [0.5, 0.6) is 5.75 Å². The van der Waals surface area contributed by atoms with Crippen LogP contribution in [0.4, 0.5) is 11.4 Å². The van der Waals surface area contributed by atoms with Crippen LogP contribution < -0.4 is 15.4 Å². The van der Waals surface area contributed by atoms with Crippen molar-refractivity contribution in [1.82, 2.24) is 4.90 Å². The average molecular weight is 398 g/mol. The van der Waals surface area contributed by atoms with Gasteiger partial charge in [-0.1, -0.05) is 32.0 Å². The number of nitrogens with zero attached hydrogens (tertiary/aromatic N) is 1. The molecule has 2 N–H and O–H groups in total. The Balaban J connectivity index is 1.92. The maximum atomic E-state index is 12.3. The molecule has 0 saturated heterocycles. The number of para-hydroxylation sites is 1. The first-order valence-electron chi connectivity index (χ1n) is 9.95. The number of hydrogen-bond donors (Lipinski definition) is 2. The van der Waals surface area contributed by atoms with Crippen LogP contribution >= 0.6 is 0 Å². The minimum Gasteiger partial charge on any atom is -0.483 e. The molecule has 0 saturated carbocycles. The summed E-state index contributed by atoms with van der Waals surface area (Å²) in [5.74, 6) is 0.464. The van der Waals surface area contributed by atoms with E-state index in [1.807, 2.05) is 58.9 Å². The van der Waals surface area contributed by atoms with E-state index < -0.39 is 0 Å². The molecule has 29 heavy (non-hydrogen) atoms. The quantitative estimate of drug-likeness (QED) is 0.673. The second kappa shape index (κ2) is 10.6. The van der Waals surface area contributed by atoms with E-state index in [1.165, 1.54) is 0 Å². The maximum Gasteiger partial charge on any atom is 0.262 e. The third-order valence-electron chi connectivity index (χ3n) is 4.80. The molecular formula is C23H31N3O3. The minimum absolute atomic E-state index is 0.0458. The summed E-state index contributed by atoms with van der Waals surface area (Å²) in [7, 11) is 0. The Labute approximate surface area is 173 Å². The summed E-state index contributed by atoms with van der Waals surface area (Å²) in [5.41, 5.74) is 4.29. The first kappa shape index (κ1) is 22.4. The lowest BCUT2D eigenvalue weighted by atomic mass is 10.1. The number of anilines is 2. The van der Waals surface area contributed by atoms with Gasteiger partial charge in [0.2, 0.25) is 5.91 Å². The molecule has 0 bridgehead atoms. The lowest BCUT2D eigenvalue weighted by Crippen LogP contribution is -2.33. The van der Waals surface area contributed by atoms with Crippen molar-refractivity contribution < 1.29 is 14.3 Å². The molecule has 0 aliphatic rings. The Hall–Kier alpha value is -2.86. The van der Waals surface area contributed by atoms with Gasteiger partial charge in [-0.15, -0.1) is 0 Å². The highest BCUT2D eigenvalue weighted by Crippen LogP contribution is 2.23. The molecule has 0 aliphatic carbocycles. The highest BCUT2D eigenvalue weighted by atomic mass is 16.5. The summed E-state index contributed by atoms with van der Waals surface area (Å²) in [6.45, 7) is 11.8. The molecule has 6 nitrogen and oxygen atoms in total. The van der Waals surface area contributed by atoms with Crippen LogP contribution in [0, 0.1) is 20.8 Å². The Morgan fingerprint density at radius 1 is 0.897 bits per heavy atom. The van der Waals surface area contributed by atoms with Gasteiger partial charge in [-0.3, -0.25) is 14.5 Å². The van der Waals surface area contributed by atoms with E-state index in [0.717, 1.165) is 41.2 Å². The van der Waals surface area contributed by atoms with E-state index in [9.17, 15) is 9.59 Å². The Kier molecular flexibility index (Phi) is 8.21. The lowest BCUT2D eigenvalue weighted by Gasteiger charge is -2.18. The summed E-state index contributed by atoms with van der Waals surface area (Å²) in [6.07, 6.45) is 0. The van der Waals surface area contributed by atoms with Crippen LogP contribution in [0.25, 0.3) is 0 Å². The van der Waals surface area contributed by atoms with Crippen molar-refractivity contribution in [2.45, 2.75) is 34.6 Å². The molecule has 0 spiro atoms. The third kappa shape index (κ3) is 6.61. The van der Waals surface area contributed by atoms with Gasteiger partial charge in [0.25, 0.3) is 5.91 Å². The molecule has 2 aromatic rings. The van der Waals surface area contributed by atoms with Gasteiger partial charge in [0.15, 0.2) is 6.61 Å². The number of ether oxygens (including phenoxy) is 1. The Morgan fingerprint density at radius 3 is 2.14 bits per heavy atom. The standard InChI is InChI=1S/C23H31N3O3/c1-6-26(7-2)14-21(27)25-20-12-11-19(13-18(20)5)24-22(28)15-29-23-16(3)9-8-10-17(23)4/h8-13H,6-7,14-15H2,1-5H3,(H,24,28)(H,25,27). The van der Waals surface area contributed by atoms with E-state index in [-0.39, 0.29) is 18.4 Å². The van der Waals surface area contributed by atoms with Crippen LogP contribution in [0.15, 0.2) is 36.4 Å². The van der Waals surface area contributed by atoms with Gasteiger partial charge in [-0.25, -0.2) is 0 Å². The zero-order valence-corrected chi connectivity index (χ0v) is 18.0. The fraction of sp³-hybridized carbons (Fsp3) is 0.391. The van der Waals surface area contributed by atoms with Crippen LogP contribution in [-0.4, -0.2) is 43.0 Å². The smallest absolute Gasteiger partial charge is 0.262 e. The van der Waals surface area contributed by atoms with Crippen molar-refractivity contribution >= 4 is 23.2 Å². The molecule has 0 radical (unpaired) electrons. The van der Waals surface area contributed by atoms with Gasteiger partial charge in [0.1, 0.15) is 5.75 Å². The van der Waals surface area contributed by atoms with E-state index in [2.05, 4.69) is 15.5 Å². The minimum atomic E-state index is -0.231. The van der Waals surface area contributed by atoms with E-state index in [4.69, 9.17) is 4.74 Å². The number of aryl methyl sites for hydroxylation is 3. The number of likely N-dealkylation sites (N-methyl/N-ethyl adjacent to an activating group) is 1. The SMILES string of the molecule is CCN(CC)CC(=O)Nc1ccc(NC(=O)COc2c(C)cccc2C)cc1C. The number of carbonyl (C=O) groups is 2. The molecule has 2 aromatic carbocycles.